The minimum absolute atomic E-state index is 0.0000704. The van der Waals surface area contributed by atoms with Crippen LogP contribution in [0.1, 0.15) is 44.6 Å². The quantitative estimate of drug-likeness (QED) is 0.695. The molecule has 3 aromatic rings. The van der Waals surface area contributed by atoms with Gasteiger partial charge in [-0.15, -0.1) is 0 Å². The second kappa shape index (κ2) is 7.41. The van der Waals surface area contributed by atoms with Gasteiger partial charge in [0.25, 0.3) is 5.91 Å². The molecule has 0 spiro atoms. The highest BCUT2D eigenvalue weighted by molar-refractivity contribution is 6.01. The highest BCUT2D eigenvalue weighted by Gasteiger charge is 2.46. The summed E-state index contributed by atoms with van der Waals surface area (Å²) >= 11 is 0. The van der Waals surface area contributed by atoms with Crippen molar-refractivity contribution < 1.29 is 19.1 Å². The first-order valence-corrected chi connectivity index (χ1v) is 10.8. The van der Waals surface area contributed by atoms with Crippen molar-refractivity contribution in [2.24, 2.45) is 0 Å². The molecule has 0 unspecified atom stereocenters. The van der Waals surface area contributed by atoms with Gasteiger partial charge >= 0.3 is 0 Å². The molecule has 160 valence electrons. The second-order valence-electron chi connectivity index (χ2n) is 8.36. The van der Waals surface area contributed by atoms with Crippen LogP contribution in [0.2, 0.25) is 0 Å². The molecule has 3 heterocycles. The third-order valence-corrected chi connectivity index (χ3v) is 6.62. The molecule has 3 aromatic carbocycles. The van der Waals surface area contributed by atoms with Crippen molar-refractivity contribution in [3.63, 3.8) is 0 Å². The van der Waals surface area contributed by atoms with Crippen molar-refractivity contribution in [2.45, 2.75) is 24.9 Å². The van der Waals surface area contributed by atoms with Gasteiger partial charge in [0.05, 0.1) is 12.0 Å². The molecule has 0 aliphatic carbocycles. The van der Waals surface area contributed by atoms with Gasteiger partial charge < -0.3 is 19.7 Å². The maximum atomic E-state index is 13.6. The van der Waals surface area contributed by atoms with E-state index in [2.05, 4.69) is 11.4 Å². The van der Waals surface area contributed by atoms with E-state index in [4.69, 9.17) is 9.47 Å². The normalized spacial score (nSPS) is 20.2. The molecule has 6 nitrogen and oxygen atoms in total. The van der Waals surface area contributed by atoms with Crippen molar-refractivity contribution in [1.29, 1.82) is 0 Å². The first kappa shape index (κ1) is 18.9. The molecule has 6 rings (SSSR count). The van der Waals surface area contributed by atoms with Crippen molar-refractivity contribution in [1.82, 2.24) is 10.2 Å². The van der Waals surface area contributed by atoms with Crippen LogP contribution in [0.5, 0.6) is 11.5 Å². The van der Waals surface area contributed by atoms with Crippen LogP contribution in [-0.2, 0) is 17.8 Å². The minimum atomic E-state index is -0.473. The zero-order chi connectivity index (χ0) is 21.7. The number of ether oxygens (including phenoxy) is 2. The summed E-state index contributed by atoms with van der Waals surface area (Å²) in [6.07, 6.45) is 0.798. The number of hydrogen-bond acceptors (Lipinski definition) is 4. The number of hydrogen-bond donors (Lipinski definition) is 1. The molecule has 0 fully saturated rings. The van der Waals surface area contributed by atoms with E-state index < -0.39 is 5.92 Å². The number of nitrogens with zero attached hydrogens (tertiary/aromatic N) is 1. The fraction of sp³-hybridized carbons (Fsp3) is 0.231. The number of benzene rings is 3. The molecule has 2 amide bonds. The molecule has 32 heavy (non-hydrogen) atoms. The highest BCUT2D eigenvalue weighted by atomic mass is 16.7. The Bertz CT molecular complexity index is 1240. The van der Waals surface area contributed by atoms with Crippen molar-refractivity contribution in [3.8, 4) is 11.5 Å². The van der Waals surface area contributed by atoms with Gasteiger partial charge in [0.15, 0.2) is 11.5 Å². The third kappa shape index (κ3) is 2.94. The summed E-state index contributed by atoms with van der Waals surface area (Å²) < 4.78 is 10.8. The van der Waals surface area contributed by atoms with E-state index >= 15 is 0 Å². The van der Waals surface area contributed by atoms with Gasteiger partial charge in [-0.3, -0.25) is 9.59 Å². The Hall–Kier alpha value is -3.80. The molecule has 0 bridgehead atoms. The lowest BCUT2D eigenvalue weighted by molar-refractivity contribution is -0.124. The van der Waals surface area contributed by atoms with Crippen LogP contribution in [0.15, 0.2) is 66.7 Å². The maximum Gasteiger partial charge on any atom is 0.254 e. The highest BCUT2D eigenvalue weighted by Crippen LogP contribution is 2.46. The topological polar surface area (TPSA) is 67.9 Å². The molecular weight excluding hydrogens is 404 g/mol. The SMILES string of the molecule is O=C(NCc1ccc2c(c1)OCO2)[C@@H]1c2ccccc2C(=O)N2CCc3ccccc3[C@@H]12. The smallest absolute Gasteiger partial charge is 0.254 e. The first-order valence-electron chi connectivity index (χ1n) is 10.8. The van der Waals surface area contributed by atoms with Crippen LogP contribution >= 0.6 is 0 Å². The molecule has 3 aliphatic heterocycles. The van der Waals surface area contributed by atoms with Crippen LogP contribution in [0.25, 0.3) is 0 Å². The van der Waals surface area contributed by atoms with Crippen LogP contribution in [0.3, 0.4) is 0 Å². The van der Waals surface area contributed by atoms with E-state index in [1.165, 1.54) is 5.56 Å². The maximum absolute atomic E-state index is 13.6. The summed E-state index contributed by atoms with van der Waals surface area (Å²) in [4.78, 5) is 28.8. The molecule has 6 heteroatoms. The predicted molar refractivity (Wildman–Crippen MR) is 118 cm³/mol. The Kier molecular flexibility index (Phi) is 4.38. The van der Waals surface area contributed by atoms with Gasteiger partial charge in [0, 0.05) is 18.7 Å². The minimum Gasteiger partial charge on any atom is -0.454 e. The van der Waals surface area contributed by atoms with Crippen LogP contribution in [-0.4, -0.2) is 30.1 Å². The summed E-state index contributed by atoms with van der Waals surface area (Å²) in [6, 6.07) is 21.0. The number of carbonyl (C=O) groups is 2. The molecule has 0 radical (unpaired) electrons. The standard InChI is InChI=1S/C26H22N2O4/c29-25(27-14-16-9-10-21-22(13-16)32-15-31-21)23-19-7-3-4-8-20(19)26(30)28-12-11-17-5-1-2-6-18(17)24(23)28/h1-10,13,23-24H,11-12,14-15H2,(H,27,29)/t23-,24+/m1/s1. The van der Waals surface area contributed by atoms with E-state index in [9.17, 15) is 9.59 Å². The van der Waals surface area contributed by atoms with Crippen molar-refractivity contribution in [2.75, 3.05) is 13.3 Å². The average Bonchev–Trinajstić information content (AvgIpc) is 3.31. The number of nitrogens with one attached hydrogen (secondary N) is 1. The summed E-state index contributed by atoms with van der Waals surface area (Å²) in [7, 11) is 0. The van der Waals surface area contributed by atoms with E-state index in [1.54, 1.807) is 0 Å². The molecular formula is C26H22N2O4. The number of amides is 2. The van der Waals surface area contributed by atoms with Gasteiger partial charge in [-0.25, -0.2) is 0 Å². The van der Waals surface area contributed by atoms with E-state index in [0.29, 0.717) is 30.2 Å². The molecule has 2 atom stereocenters. The molecule has 0 aromatic heterocycles. The lowest BCUT2D eigenvalue weighted by atomic mass is 9.76. The summed E-state index contributed by atoms with van der Waals surface area (Å²) in [5, 5.41) is 3.11. The predicted octanol–water partition coefficient (Wildman–Crippen LogP) is 3.57. The Morgan fingerprint density at radius 2 is 1.75 bits per heavy atom. The largest absolute Gasteiger partial charge is 0.454 e. The van der Waals surface area contributed by atoms with Gasteiger partial charge in [0.1, 0.15) is 0 Å². The van der Waals surface area contributed by atoms with E-state index in [0.717, 1.165) is 23.1 Å². The van der Waals surface area contributed by atoms with E-state index in [-0.39, 0.29) is 24.6 Å². The zero-order valence-electron chi connectivity index (χ0n) is 17.4. The summed E-state index contributed by atoms with van der Waals surface area (Å²) in [6.45, 7) is 1.20. The molecule has 1 N–H and O–H groups in total. The number of rotatable bonds is 3. The zero-order valence-corrected chi connectivity index (χ0v) is 17.4. The Morgan fingerprint density at radius 1 is 0.969 bits per heavy atom. The third-order valence-electron chi connectivity index (χ3n) is 6.62. The Morgan fingerprint density at radius 3 is 2.66 bits per heavy atom. The first-order chi connectivity index (χ1) is 15.7. The fourth-order valence-electron chi connectivity index (χ4n) is 5.11. The summed E-state index contributed by atoms with van der Waals surface area (Å²) in [5.41, 5.74) is 4.60. The van der Waals surface area contributed by atoms with Crippen molar-refractivity contribution in [3.05, 3.63) is 94.5 Å². The van der Waals surface area contributed by atoms with E-state index in [1.807, 2.05) is 65.6 Å². The average molecular weight is 426 g/mol. The molecule has 0 saturated heterocycles. The van der Waals surface area contributed by atoms with Gasteiger partial charge in [0.2, 0.25) is 12.7 Å². The van der Waals surface area contributed by atoms with Crippen LogP contribution in [0.4, 0.5) is 0 Å². The monoisotopic (exact) mass is 426 g/mol. The lowest BCUT2D eigenvalue weighted by Gasteiger charge is -2.45. The lowest BCUT2D eigenvalue weighted by Crippen LogP contribution is -2.50. The summed E-state index contributed by atoms with van der Waals surface area (Å²) in [5.74, 6) is 0.848. The Labute approximate surface area is 185 Å². The van der Waals surface area contributed by atoms with Crippen LogP contribution < -0.4 is 14.8 Å². The number of carbonyl (C=O) groups excluding carboxylic acids is 2. The van der Waals surface area contributed by atoms with Gasteiger partial charge in [-0.2, -0.15) is 0 Å². The second-order valence-corrected chi connectivity index (χ2v) is 8.36. The fourth-order valence-corrected chi connectivity index (χ4v) is 5.11. The molecule has 0 saturated carbocycles. The van der Waals surface area contributed by atoms with Gasteiger partial charge in [-0.05, 0) is 46.9 Å². The van der Waals surface area contributed by atoms with Gasteiger partial charge in [-0.1, -0.05) is 48.5 Å². The van der Waals surface area contributed by atoms with Crippen molar-refractivity contribution >= 4 is 11.8 Å². The van der Waals surface area contributed by atoms with Crippen LogP contribution in [0, 0.1) is 0 Å². The Balaban J connectivity index is 1.35. The number of fused-ring (bicyclic) bond motifs is 5. The molecule has 3 aliphatic rings.